The maximum Gasteiger partial charge on any atom is 0.317 e. The van der Waals surface area contributed by atoms with E-state index in [4.69, 9.17) is 11.6 Å². The number of hydrogen-bond donors (Lipinski definition) is 1. The van der Waals surface area contributed by atoms with Crippen molar-refractivity contribution in [3.63, 3.8) is 0 Å². The van der Waals surface area contributed by atoms with Crippen LogP contribution < -0.4 is 10.2 Å². The van der Waals surface area contributed by atoms with Gasteiger partial charge in [-0.25, -0.2) is 4.79 Å². The Balaban J connectivity index is 1.48. The summed E-state index contributed by atoms with van der Waals surface area (Å²) < 4.78 is 0. The molecule has 1 unspecified atom stereocenters. The van der Waals surface area contributed by atoms with E-state index >= 15 is 0 Å². The molecule has 5 heteroatoms. The van der Waals surface area contributed by atoms with Crippen molar-refractivity contribution in [3.8, 4) is 0 Å². The molecule has 1 aromatic carbocycles. The van der Waals surface area contributed by atoms with Gasteiger partial charge in [0.25, 0.3) is 0 Å². The van der Waals surface area contributed by atoms with Gasteiger partial charge in [-0.2, -0.15) is 0 Å². The van der Waals surface area contributed by atoms with Crippen molar-refractivity contribution < 1.29 is 4.79 Å². The molecule has 2 fully saturated rings. The van der Waals surface area contributed by atoms with E-state index < -0.39 is 0 Å². The summed E-state index contributed by atoms with van der Waals surface area (Å²) >= 11 is 6.15. The molecular weight excluding hydrogens is 334 g/mol. The van der Waals surface area contributed by atoms with Crippen LogP contribution >= 0.6 is 11.6 Å². The summed E-state index contributed by atoms with van der Waals surface area (Å²) in [4.78, 5) is 16.7. The highest BCUT2D eigenvalue weighted by Gasteiger charge is 2.26. The van der Waals surface area contributed by atoms with Gasteiger partial charge in [0.1, 0.15) is 0 Å². The van der Waals surface area contributed by atoms with Gasteiger partial charge in [-0.3, -0.25) is 0 Å². The lowest BCUT2D eigenvalue weighted by molar-refractivity contribution is 0.172. The molecule has 1 N–H and O–H groups in total. The Labute approximate surface area is 156 Å². The number of urea groups is 1. The van der Waals surface area contributed by atoms with Crippen LogP contribution in [0.3, 0.4) is 0 Å². The van der Waals surface area contributed by atoms with Crippen LogP contribution in [0.4, 0.5) is 10.5 Å². The van der Waals surface area contributed by atoms with Crippen LogP contribution in [0.25, 0.3) is 0 Å². The zero-order valence-corrected chi connectivity index (χ0v) is 16.2. The van der Waals surface area contributed by atoms with Crippen molar-refractivity contribution in [3.05, 3.63) is 28.8 Å². The molecule has 0 aromatic heterocycles. The third-order valence-electron chi connectivity index (χ3n) is 5.78. The van der Waals surface area contributed by atoms with E-state index in [0.717, 1.165) is 43.9 Å². The molecule has 4 nitrogen and oxygen atoms in total. The smallest absolute Gasteiger partial charge is 0.317 e. The van der Waals surface area contributed by atoms with Crippen LogP contribution in [0.2, 0.25) is 5.02 Å². The average molecular weight is 364 g/mol. The number of halogens is 1. The molecule has 1 saturated heterocycles. The summed E-state index contributed by atoms with van der Waals surface area (Å²) in [6.45, 7) is 4.89. The number of rotatable bonds is 4. The van der Waals surface area contributed by atoms with Crippen molar-refractivity contribution in [2.75, 3.05) is 31.6 Å². The van der Waals surface area contributed by atoms with E-state index in [2.05, 4.69) is 29.3 Å². The molecule has 0 spiro atoms. The Hall–Kier alpha value is -1.42. The number of anilines is 1. The first-order valence-electron chi connectivity index (χ1n) is 9.56. The molecule has 25 heavy (non-hydrogen) atoms. The van der Waals surface area contributed by atoms with E-state index in [-0.39, 0.29) is 6.03 Å². The molecule has 1 aromatic rings. The summed E-state index contributed by atoms with van der Waals surface area (Å²) in [5.74, 6) is 0.502. The Morgan fingerprint density at radius 1 is 1.28 bits per heavy atom. The van der Waals surface area contributed by atoms with E-state index in [1.807, 2.05) is 18.0 Å². The summed E-state index contributed by atoms with van der Waals surface area (Å²) in [7, 11) is 1.95. The molecule has 1 aliphatic heterocycles. The van der Waals surface area contributed by atoms with Crippen LogP contribution in [0, 0.1) is 12.8 Å². The molecule has 1 aliphatic carbocycles. The maximum absolute atomic E-state index is 12.4. The molecule has 138 valence electrons. The number of aryl methyl sites for hydroxylation is 1. The molecule has 2 aliphatic rings. The molecule has 3 rings (SSSR count). The van der Waals surface area contributed by atoms with E-state index in [0.29, 0.717) is 12.0 Å². The van der Waals surface area contributed by atoms with Crippen LogP contribution in [0.1, 0.15) is 44.1 Å². The van der Waals surface area contributed by atoms with Crippen molar-refractivity contribution in [2.45, 2.75) is 51.5 Å². The third-order valence-corrected chi connectivity index (χ3v) is 6.02. The zero-order valence-electron chi connectivity index (χ0n) is 15.4. The van der Waals surface area contributed by atoms with Gasteiger partial charge < -0.3 is 15.1 Å². The van der Waals surface area contributed by atoms with Gasteiger partial charge in [-0.05, 0) is 49.8 Å². The minimum absolute atomic E-state index is 0.0873. The van der Waals surface area contributed by atoms with Crippen LogP contribution in [0.5, 0.6) is 0 Å². The first kappa shape index (κ1) is 18.4. The molecule has 0 radical (unpaired) electrons. The van der Waals surface area contributed by atoms with Gasteiger partial charge >= 0.3 is 6.03 Å². The minimum Gasteiger partial charge on any atom is -0.371 e. The largest absolute Gasteiger partial charge is 0.371 e. The third kappa shape index (κ3) is 4.60. The van der Waals surface area contributed by atoms with Crippen LogP contribution in [0.15, 0.2) is 18.2 Å². The lowest BCUT2D eigenvalue weighted by Crippen LogP contribution is -2.45. The Kier molecular flexibility index (Phi) is 6.10. The fraction of sp³-hybridized carbons (Fsp3) is 0.650. The number of benzene rings is 1. The molecule has 1 atom stereocenters. The SMILES string of the molecule is Cc1ccc(Cl)cc1N1CCC(CNC(=O)N(C)C2CCCCC2)C1. The van der Waals surface area contributed by atoms with Gasteiger partial charge in [-0.1, -0.05) is 36.9 Å². The molecular formula is C20H30ClN3O. The number of nitrogens with one attached hydrogen (secondary N) is 1. The maximum atomic E-state index is 12.4. The van der Waals surface area contributed by atoms with Crippen molar-refractivity contribution >= 4 is 23.3 Å². The highest BCUT2D eigenvalue weighted by atomic mass is 35.5. The summed E-state index contributed by atoms with van der Waals surface area (Å²) in [6.07, 6.45) is 7.22. The highest BCUT2D eigenvalue weighted by molar-refractivity contribution is 6.30. The quantitative estimate of drug-likeness (QED) is 0.857. The predicted molar refractivity (Wildman–Crippen MR) is 105 cm³/mol. The highest BCUT2D eigenvalue weighted by Crippen LogP contribution is 2.29. The second kappa shape index (κ2) is 8.31. The van der Waals surface area contributed by atoms with Gasteiger partial charge in [0.2, 0.25) is 0 Å². The lowest BCUT2D eigenvalue weighted by Gasteiger charge is -2.31. The first-order chi connectivity index (χ1) is 12.0. The molecule has 0 bridgehead atoms. The Morgan fingerprint density at radius 3 is 2.80 bits per heavy atom. The van der Waals surface area contributed by atoms with Crippen LogP contribution in [-0.2, 0) is 0 Å². The lowest BCUT2D eigenvalue weighted by atomic mass is 9.95. The average Bonchev–Trinajstić information content (AvgIpc) is 3.10. The van der Waals surface area contributed by atoms with Gasteiger partial charge in [0.05, 0.1) is 0 Å². The number of carbonyl (C=O) groups is 1. The number of nitrogens with zero attached hydrogens (tertiary/aromatic N) is 2. The molecule has 1 heterocycles. The summed E-state index contributed by atoms with van der Waals surface area (Å²) in [5, 5.41) is 3.94. The normalized spacial score (nSPS) is 21.4. The molecule has 2 amide bonds. The fourth-order valence-electron chi connectivity index (χ4n) is 4.13. The zero-order chi connectivity index (χ0) is 17.8. The number of hydrogen-bond acceptors (Lipinski definition) is 2. The van der Waals surface area contributed by atoms with Gasteiger partial charge in [0, 0.05) is 43.4 Å². The van der Waals surface area contributed by atoms with E-state index in [1.165, 1.54) is 30.5 Å². The second-order valence-electron chi connectivity index (χ2n) is 7.62. The Morgan fingerprint density at radius 2 is 2.04 bits per heavy atom. The van der Waals surface area contributed by atoms with Crippen molar-refractivity contribution in [2.24, 2.45) is 5.92 Å². The van der Waals surface area contributed by atoms with Crippen molar-refractivity contribution in [1.29, 1.82) is 0 Å². The predicted octanol–water partition coefficient (Wildman–Crippen LogP) is 4.45. The first-order valence-corrected chi connectivity index (χ1v) is 9.94. The van der Waals surface area contributed by atoms with E-state index in [1.54, 1.807) is 0 Å². The summed E-state index contributed by atoms with van der Waals surface area (Å²) in [5.41, 5.74) is 2.48. The van der Waals surface area contributed by atoms with Crippen molar-refractivity contribution in [1.82, 2.24) is 10.2 Å². The second-order valence-corrected chi connectivity index (χ2v) is 8.06. The standard InChI is InChI=1S/C20H30ClN3O/c1-15-8-9-17(21)12-19(15)24-11-10-16(14-24)13-22-20(25)23(2)18-6-4-3-5-7-18/h8-9,12,16,18H,3-7,10-11,13-14H2,1-2H3,(H,22,25). The number of carbonyl (C=O) groups excluding carboxylic acids is 1. The van der Waals surface area contributed by atoms with Gasteiger partial charge in [-0.15, -0.1) is 0 Å². The van der Waals surface area contributed by atoms with E-state index in [9.17, 15) is 4.79 Å². The topological polar surface area (TPSA) is 35.6 Å². The van der Waals surface area contributed by atoms with Gasteiger partial charge in [0.15, 0.2) is 0 Å². The number of amides is 2. The minimum atomic E-state index is 0.0873. The molecule has 1 saturated carbocycles. The fourth-order valence-corrected chi connectivity index (χ4v) is 4.30. The summed E-state index contributed by atoms with van der Waals surface area (Å²) in [6, 6.07) is 6.57. The Bertz CT molecular complexity index is 601. The monoisotopic (exact) mass is 363 g/mol. The van der Waals surface area contributed by atoms with Crippen LogP contribution in [-0.4, -0.2) is 43.7 Å².